The predicted molar refractivity (Wildman–Crippen MR) is 110 cm³/mol. The summed E-state index contributed by atoms with van der Waals surface area (Å²) in [5.41, 5.74) is 1.41. The fourth-order valence-electron chi connectivity index (χ4n) is 4.50. The van der Waals surface area contributed by atoms with Crippen LogP contribution in [0.15, 0.2) is 42.7 Å². The third-order valence-electron chi connectivity index (χ3n) is 6.18. The van der Waals surface area contributed by atoms with Gasteiger partial charge in [-0.1, -0.05) is 30.3 Å². The summed E-state index contributed by atoms with van der Waals surface area (Å²) in [6.45, 7) is 4.91. The van der Waals surface area contributed by atoms with Gasteiger partial charge in [-0.2, -0.15) is 0 Å². The monoisotopic (exact) mass is 381 g/mol. The zero-order valence-electron chi connectivity index (χ0n) is 16.8. The van der Waals surface area contributed by atoms with Gasteiger partial charge < -0.3 is 14.8 Å². The van der Waals surface area contributed by atoms with Gasteiger partial charge in [0.25, 0.3) is 0 Å². The second-order valence-electron chi connectivity index (χ2n) is 8.10. The highest BCUT2D eigenvalue weighted by Crippen LogP contribution is 2.24. The van der Waals surface area contributed by atoms with E-state index in [1.807, 2.05) is 19.4 Å². The third kappa shape index (κ3) is 4.45. The first-order valence-corrected chi connectivity index (χ1v) is 10.4. The van der Waals surface area contributed by atoms with E-state index in [0.29, 0.717) is 12.5 Å². The van der Waals surface area contributed by atoms with E-state index in [1.165, 1.54) is 5.56 Å². The molecule has 1 unspecified atom stereocenters. The molecule has 1 atom stereocenters. The normalized spacial score (nSPS) is 21.8. The van der Waals surface area contributed by atoms with Gasteiger partial charge in [0.1, 0.15) is 5.82 Å². The van der Waals surface area contributed by atoms with E-state index in [9.17, 15) is 4.79 Å². The molecule has 28 heavy (non-hydrogen) atoms. The highest BCUT2D eigenvalue weighted by molar-refractivity contribution is 5.78. The van der Waals surface area contributed by atoms with Crippen molar-refractivity contribution in [2.75, 3.05) is 39.3 Å². The summed E-state index contributed by atoms with van der Waals surface area (Å²) in [5, 5.41) is 3.44. The first-order chi connectivity index (χ1) is 13.7. The van der Waals surface area contributed by atoms with Crippen LogP contribution in [-0.2, 0) is 18.3 Å². The van der Waals surface area contributed by atoms with Crippen molar-refractivity contribution in [1.82, 2.24) is 24.7 Å². The van der Waals surface area contributed by atoms with E-state index in [0.717, 1.165) is 57.8 Å². The van der Waals surface area contributed by atoms with E-state index >= 15 is 0 Å². The number of nitrogens with one attached hydrogen (secondary N) is 1. The van der Waals surface area contributed by atoms with Crippen molar-refractivity contribution in [2.24, 2.45) is 13.0 Å². The van der Waals surface area contributed by atoms with E-state index in [2.05, 4.69) is 55.0 Å². The van der Waals surface area contributed by atoms with Crippen LogP contribution >= 0.6 is 0 Å². The number of amides is 1. The minimum Gasteiger partial charge on any atom is -0.342 e. The van der Waals surface area contributed by atoms with E-state index < -0.39 is 0 Å². The second kappa shape index (κ2) is 8.88. The van der Waals surface area contributed by atoms with Crippen molar-refractivity contribution in [3.63, 3.8) is 0 Å². The van der Waals surface area contributed by atoms with Gasteiger partial charge in [0.05, 0.1) is 12.6 Å². The molecule has 0 bridgehead atoms. The Balaban J connectivity index is 1.30. The SMILES string of the molecule is Cn1ccnc1C1CNCCN1CC(=O)N1CCC(Cc2ccccc2)CC1. The molecule has 6 nitrogen and oxygen atoms in total. The van der Waals surface area contributed by atoms with Crippen LogP contribution in [0.1, 0.15) is 30.3 Å². The van der Waals surface area contributed by atoms with Gasteiger partial charge in [0.2, 0.25) is 5.91 Å². The summed E-state index contributed by atoms with van der Waals surface area (Å²) in [4.78, 5) is 21.8. The smallest absolute Gasteiger partial charge is 0.236 e. The van der Waals surface area contributed by atoms with Crippen molar-refractivity contribution < 1.29 is 4.79 Å². The summed E-state index contributed by atoms with van der Waals surface area (Å²) in [6.07, 6.45) is 7.14. The van der Waals surface area contributed by atoms with Crippen molar-refractivity contribution in [2.45, 2.75) is 25.3 Å². The lowest BCUT2D eigenvalue weighted by Crippen LogP contribution is -2.51. The van der Waals surface area contributed by atoms with Crippen LogP contribution in [0.4, 0.5) is 0 Å². The van der Waals surface area contributed by atoms with Gasteiger partial charge in [-0.15, -0.1) is 0 Å². The molecule has 2 aromatic rings. The number of carbonyl (C=O) groups is 1. The number of piperazine rings is 1. The van der Waals surface area contributed by atoms with Gasteiger partial charge in [-0.3, -0.25) is 9.69 Å². The Morgan fingerprint density at radius 3 is 2.68 bits per heavy atom. The molecule has 0 spiro atoms. The zero-order valence-corrected chi connectivity index (χ0v) is 16.8. The number of hydrogen-bond donors (Lipinski definition) is 1. The highest BCUT2D eigenvalue weighted by Gasteiger charge is 2.30. The molecular weight excluding hydrogens is 350 g/mol. The summed E-state index contributed by atoms with van der Waals surface area (Å²) in [5.74, 6) is 1.98. The Hall–Kier alpha value is -2.18. The minimum absolute atomic E-state index is 0.160. The quantitative estimate of drug-likeness (QED) is 0.859. The van der Waals surface area contributed by atoms with Crippen molar-refractivity contribution in [3.8, 4) is 0 Å². The van der Waals surface area contributed by atoms with Gasteiger partial charge in [0, 0.05) is 52.2 Å². The first-order valence-electron chi connectivity index (χ1n) is 10.4. The van der Waals surface area contributed by atoms with Gasteiger partial charge >= 0.3 is 0 Å². The molecule has 2 fully saturated rings. The van der Waals surface area contributed by atoms with Crippen molar-refractivity contribution in [3.05, 3.63) is 54.1 Å². The van der Waals surface area contributed by atoms with Crippen LogP contribution in [0, 0.1) is 5.92 Å². The molecule has 2 aliphatic rings. The van der Waals surface area contributed by atoms with Crippen LogP contribution in [0.5, 0.6) is 0 Å². The Morgan fingerprint density at radius 1 is 1.18 bits per heavy atom. The zero-order chi connectivity index (χ0) is 19.3. The number of piperidine rings is 1. The largest absolute Gasteiger partial charge is 0.342 e. The topological polar surface area (TPSA) is 53.4 Å². The molecule has 150 valence electrons. The van der Waals surface area contributed by atoms with E-state index in [1.54, 1.807) is 0 Å². The number of rotatable bonds is 5. The summed E-state index contributed by atoms with van der Waals surface area (Å²) < 4.78 is 2.06. The highest BCUT2D eigenvalue weighted by atomic mass is 16.2. The van der Waals surface area contributed by atoms with Crippen LogP contribution in [-0.4, -0.2) is 64.5 Å². The lowest BCUT2D eigenvalue weighted by molar-refractivity contribution is -0.134. The molecule has 1 amide bonds. The van der Waals surface area contributed by atoms with Crippen LogP contribution in [0.3, 0.4) is 0 Å². The third-order valence-corrected chi connectivity index (χ3v) is 6.18. The number of carbonyl (C=O) groups excluding carboxylic acids is 1. The molecule has 3 heterocycles. The molecule has 1 aromatic heterocycles. The number of nitrogens with zero attached hydrogens (tertiary/aromatic N) is 4. The maximum absolute atomic E-state index is 13.0. The molecule has 0 radical (unpaired) electrons. The average molecular weight is 382 g/mol. The number of likely N-dealkylation sites (tertiary alicyclic amines) is 1. The van der Waals surface area contributed by atoms with E-state index in [4.69, 9.17) is 0 Å². The summed E-state index contributed by atoms with van der Waals surface area (Å²) in [7, 11) is 2.02. The molecular formula is C22H31N5O. The van der Waals surface area contributed by atoms with Crippen LogP contribution in [0.25, 0.3) is 0 Å². The first kappa shape index (κ1) is 19.2. The maximum Gasteiger partial charge on any atom is 0.236 e. The molecule has 2 aliphatic heterocycles. The predicted octanol–water partition coefficient (Wildman–Crippen LogP) is 1.85. The Morgan fingerprint density at radius 2 is 1.96 bits per heavy atom. The molecule has 0 saturated carbocycles. The molecule has 2 saturated heterocycles. The van der Waals surface area contributed by atoms with Crippen molar-refractivity contribution in [1.29, 1.82) is 0 Å². The van der Waals surface area contributed by atoms with Gasteiger partial charge in [0.15, 0.2) is 0 Å². The number of aromatic nitrogens is 2. The van der Waals surface area contributed by atoms with Crippen LogP contribution in [0.2, 0.25) is 0 Å². The van der Waals surface area contributed by atoms with Crippen molar-refractivity contribution >= 4 is 5.91 Å². The summed E-state index contributed by atoms with van der Waals surface area (Å²) >= 11 is 0. The molecule has 4 rings (SSSR count). The maximum atomic E-state index is 13.0. The molecule has 0 aliphatic carbocycles. The molecule has 1 N–H and O–H groups in total. The Bertz CT molecular complexity index is 766. The number of hydrogen-bond acceptors (Lipinski definition) is 4. The fourth-order valence-corrected chi connectivity index (χ4v) is 4.50. The molecule has 6 heteroatoms. The number of benzene rings is 1. The second-order valence-corrected chi connectivity index (χ2v) is 8.10. The Labute approximate surface area is 167 Å². The lowest BCUT2D eigenvalue weighted by atomic mass is 9.90. The number of aryl methyl sites for hydroxylation is 1. The van der Waals surface area contributed by atoms with Gasteiger partial charge in [-0.05, 0) is 30.7 Å². The van der Waals surface area contributed by atoms with E-state index in [-0.39, 0.29) is 11.9 Å². The standard InChI is InChI=1S/C22H31N5O/c1-25-13-10-24-22(25)20-16-23-9-14-27(20)17-21(28)26-11-7-19(8-12-26)15-18-5-3-2-4-6-18/h2-6,10,13,19-20,23H,7-9,11-12,14-17H2,1H3. The number of imidazole rings is 1. The molecule has 1 aromatic carbocycles. The average Bonchev–Trinajstić information content (AvgIpc) is 3.15. The van der Waals surface area contributed by atoms with Crippen LogP contribution < -0.4 is 5.32 Å². The minimum atomic E-state index is 0.160. The van der Waals surface area contributed by atoms with Gasteiger partial charge in [-0.25, -0.2) is 4.98 Å². The Kier molecular flexibility index (Phi) is 6.07. The summed E-state index contributed by atoms with van der Waals surface area (Å²) in [6, 6.07) is 10.9. The fraction of sp³-hybridized carbons (Fsp3) is 0.545. The lowest BCUT2D eigenvalue weighted by Gasteiger charge is -2.38.